The van der Waals surface area contributed by atoms with Crippen molar-refractivity contribution in [2.24, 2.45) is 0 Å². The van der Waals surface area contributed by atoms with Crippen LogP contribution in [0.3, 0.4) is 0 Å². The molecule has 0 aliphatic rings. The number of carbonyl (C=O) groups excluding carboxylic acids is 2. The quantitative estimate of drug-likeness (QED) is 0.402. The van der Waals surface area contributed by atoms with E-state index in [1.165, 1.54) is 14.0 Å². The molecule has 1 aromatic heterocycles. The van der Waals surface area contributed by atoms with Gasteiger partial charge in [0.1, 0.15) is 6.04 Å². The van der Waals surface area contributed by atoms with E-state index in [1.54, 1.807) is 24.3 Å². The minimum absolute atomic E-state index is 0.151. The van der Waals surface area contributed by atoms with Gasteiger partial charge in [-0.1, -0.05) is 42.5 Å². The number of sulfonamides is 1. The number of aromatic amines is 1. The first kappa shape index (κ1) is 22.5. The normalized spacial score (nSPS) is 12.5. The summed E-state index contributed by atoms with van der Waals surface area (Å²) in [5, 5.41) is 6.53. The average molecular weight is 443 g/mol. The first-order valence-corrected chi connectivity index (χ1v) is 11.5. The van der Waals surface area contributed by atoms with Crippen molar-refractivity contribution in [3.05, 3.63) is 71.4 Å². The molecule has 8 nitrogen and oxygen atoms in total. The first-order chi connectivity index (χ1) is 14.8. The number of fused-ring (bicyclic) bond motifs is 1. The summed E-state index contributed by atoms with van der Waals surface area (Å²) < 4.78 is 26.1. The fourth-order valence-corrected chi connectivity index (χ4v) is 4.26. The van der Waals surface area contributed by atoms with Crippen LogP contribution in [-0.2, 0) is 38.3 Å². The number of carbonyl (C=O) groups is 2. The molecular weight excluding hydrogens is 416 g/mol. The smallest absolute Gasteiger partial charge is 0.243 e. The third-order valence-electron chi connectivity index (χ3n) is 5.02. The van der Waals surface area contributed by atoms with Crippen LogP contribution in [0.4, 0.5) is 0 Å². The van der Waals surface area contributed by atoms with Crippen LogP contribution in [0.2, 0.25) is 0 Å². The maximum Gasteiger partial charge on any atom is 0.243 e. The Bertz CT molecular complexity index is 1190. The highest BCUT2D eigenvalue weighted by molar-refractivity contribution is 7.88. The van der Waals surface area contributed by atoms with E-state index >= 15 is 0 Å². The Morgan fingerprint density at radius 1 is 1.00 bits per heavy atom. The summed E-state index contributed by atoms with van der Waals surface area (Å²) in [6, 6.07) is 14.0. The molecule has 9 heteroatoms. The van der Waals surface area contributed by atoms with Crippen molar-refractivity contribution < 1.29 is 18.0 Å². The molecule has 0 fully saturated rings. The molecule has 0 saturated heterocycles. The second-order valence-electron chi connectivity index (χ2n) is 7.27. The van der Waals surface area contributed by atoms with E-state index < -0.39 is 16.1 Å². The number of hydrogen-bond acceptors (Lipinski definition) is 4. The number of benzene rings is 2. The highest BCUT2D eigenvalue weighted by atomic mass is 32.2. The van der Waals surface area contributed by atoms with Gasteiger partial charge in [-0.25, -0.2) is 13.1 Å². The third-order valence-corrected chi connectivity index (χ3v) is 6.33. The van der Waals surface area contributed by atoms with Gasteiger partial charge in [-0.2, -0.15) is 0 Å². The molecular formula is C22H26N4O4S. The van der Waals surface area contributed by atoms with Gasteiger partial charge in [0.25, 0.3) is 0 Å². The summed E-state index contributed by atoms with van der Waals surface area (Å²) >= 11 is 0. The van der Waals surface area contributed by atoms with Crippen molar-refractivity contribution in [1.29, 1.82) is 0 Å². The van der Waals surface area contributed by atoms with Crippen LogP contribution in [0, 0.1) is 0 Å². The van der Waals surface area contributed by atoms with Crippen molar-refractivity contribution in [3.8, 4) is 0 Å². The zero-order chi connectivity index (χ0) is 22.4. The lowest BCUT2D eigenvalue weighted by atomic mass is 10.0. The molecule has 0 radical (unpaired) electrons. The van der Waals surface area contributed by atoms with E-state index in [0.29, 0.717) is 17.5 Å². The molecule has 1 heterocycles. The zero-order valence-electron chi connectivity index (χ0n) is 17.4. The number of para-hydroxylation sites is 1. The summed E-state index contributed by atoms with van der Waals surface area (Å²) in [5.74, 6) is -0.827. The van der Waals surface area contributed by atoms with Crippen molar-refractivity contribution >= 4 is 32.7 Å². The van der Waals surface area contributed by atoms with E-state index in [2.05, 4.69) is 20.3 Å². The van der Waals surface area contributed by atoms with Crippen molar-refractivity contribution in [1.82, 2.24) is 20.3 Å². The molecule has 31 heavy (non-hydrogen) atoms. The first-order valence-electron chi connectivity index (χ1n) is 9.87. The number of aromatic nitrogens is 1. The molecule has 2 aromatic carbocycles. The minimum Gasteiger partial charge on any atom is -0.361 e. The molecule has 0 aliphatic carbocycles. The van der Waals surface area contributed by atoms with E-state index in [9.17, 15) is 18.0 Å². The molecule has 0 bridgehead atoms. The van der Waals surface area contributed by atoms with Gasteiger partial charge in [0.05, 0.1) is 5.75 Å². The highest BCUT2D eigenvalue weighted by Crippen LogP contribution is 2.19. The molecule has 2 amide bonds. The maximum atomic E-state index is 12.9. The molecule has 4 N–H and O–H groups in total. The number of hydrogen-bond donors (Lipinski definition) is 4. The van der Waals surface area contributed by atoms with E-state index in [-0.39, 0.29) is 24.1 Å². The van der Waals surface area contributed by atoms with Gasteiger partial charge in [-0.15, -0.1) is 0 Å². The Morgan fingerprint density at radius 2 is 1.68 bits per heavy atom. The summed E-state index contributed by atoms with van der Waals surface area (Å²) in [6.45, 7) is 1.52. The van der Waals surface area contributed by atoms with E-state index in [4.69, 9.17) is 0 Å². The second kappa shape index (κ2) is 9.76. The van der Waals surface area contributed by atoms with Crippen molar-refractivity contribution in [2.75, 3.05) is 7.05 Å². The molecule has 0 aliphatic heterocycles. The highest BCUT2D eigenvalue weighted by Gasteiger charge is 2.22. The monoisotopic (exact) mass is 442 g/mol. The standard InChI is InChI=1S/C22H26N4O4S/c1-15(27)26-21(11-18-13-24-20-10-6-5-9-19(18)20)22(28)25-12-16-7-3-4-8-17(16)14-31(29,30)23-2/h3-10,13,21,23-24H,11-12,14H2,1-2H3,(H,25,28)(H,26,27)/t21-/m0/s1. The van der Waals surface area contributed by atoms with Crippen LogP contribution in [0.25, 0.3) is 10.9 Å². The van der Waals surface area contributed by atoms with Gasteiger partial charge in [0.15, 0.2) is 0 Å². The van der Waals surface area contributed by atoms with Crippen LogP contribution in [0.15, 0.2) is 54.7 Å². The van der Waals surface area contributed by atoms with Gasteiger partial charge < -0.3 is 15.6 Å². The Kier molecular flexibility index (Phi) is 7.09. The lowest BCUT2D eigenvalue weighted by molar-refractivity contribution is -0.128. The topological polar surface area (TPSA) is 120 Å². The third kappa shape index (κ3) is 5.93. The lowest BCUT2D eigenvalue weighted by Crippen LogP contribution is -2.47. The van der Waals surface area contributed by atoms with Crippen LogP contribution < -0.4 is 15.4 Å². The minimum atomic E-state index is -3.44. The Morgan fingerprint density at radius 3 is 2.39 bits per heavy atom. The van der Waals surface area contributed by atoms with Crippen molar-refractivity contribution in [2.45, 2.75) is 31.7 Å². The van der Waals surface area contributed by atoms with Gasteiger partial charge >= 0.3 is 0 Å². The molecule has 3 aromatic rings. The summed E-state index contributed by atoms with van der Waals surface area (Å²) in [5.41, 5.74) is 3.18. The number of nitrogens with one attached hydrogen (secondary N) is 4. The van der Waals surface area contributed by atoms with Crippen molar-refractivity contribution in [3.63, 3.8) is 0 Å². The van der Waals surface area contributed by atoms with E-state index in [0.717, 1.165) is 16.5 Å². The fraction of sp³-hybridized carbons (Fsp3) is 0.273. The molecule has 0 saturated carbocycles. The van der Waals surface area contributed by atoms with Crippen LogP contribution in [0.1, 0.15) is 23.6 Å². The van der Waals surface area contributed by atoms with Gasteiger partial charge in [0.2, 0.25) is 21.8 Å². The Balaban J connectivity index is 1.74. The fourth-order valence-electron chi connectivity index (χ4n) is 3.43. The molecule has 0 unspecified atom stereocenters. The maximum absolute atomic E-state index is 12.9. The SMILES string of the molecule is CNS(=O)(=O)Cc1ccccc1CNC(=O)[C@H](Cc1c[nH]c2ccccc12)NC(C)=O. The molecule has 1 atom stereocenters. The summed E-state index contributed by atoms with van der Waals surface area (Å²) in [4.78, 5) is 27.8. The number of amides is 2. The van der Waals surface area contributed by atoms with Crippen LogP contribution in [0.5, 0.6) is 0 Å². The van der Waals surface area contributed by atoms with Crippen LogP contribution >= 0.6 is 0 Å². The van der Waals surface area contributed by atoms with Crippen LogP contribution in [-0.4, -0.2) is 38.3 Å². The lowest BCUT2D eigenvalue weighted by Gasteiger charge is -2.18. The predicted octanol–water partition coefficient (Wildman–Crippen LogP) is 1.58. The van der Waals surface area contributed by atoms with Gasteiger partial charge in [-0.3, -0.25) is 9.59 Å². The van der Waals surface area contributed by atoms with E-state index in [1.807, 2.05) is 30.5 Å². The molecule has 3 rings (SSSR count). The average Bonchev–Trinajstić information content (AvgIpc) is 3.15. The van der Waals surface area contributed by atoms with Gasteiger partial charge in [0, 0.05) is 37.0 Å². The Hall–Kier alpha value is -3.17. The predicted molar refractivity (Wildman–Crippen MR) is 120 cm³/mol. The zero-order valence-corrected chi connectivity index (χ0v) is 18.3. The molecule has 164 valence electrons. The number of rotatable bonds is 9. The Labute approximate surface area is 181 Å². The molecule has 0 spiro atoms. The second-order valence-corrected chi connectivity index (χ2v) is 9.19. The number of H-pyrrole nitrogens is 1. The van der Waals surface area contributed by atoms with Gasteiger partial charge in [-0.05, 0) is 29.8 Å². The summed E-state index contributed by atoms with van der Waals surface area (Å²) in [7, 11) is -2.08. The largest absolute Gasteiger partial charge is 0.361 e. The summed E-state index contributed by atoms with van der Waals surface area (Å²) in [6.07, 6.45) is 2.16.